The fourth-order valence-electron chi connectivity index (χ4n) is 3.15. The number of nitrogens with two attached hydrogens (primary N) is 1. The molecule has 37 heavy (non-hydrogen) atoms. The van der Waals surface area contributed by atoms with Gasteiger partial charge in [-0.05, 0) is 36.2 Å². The highest BCUT2D eigenvalue weighted by atomic mass is 32.2. The lowest BCUT2D eigenvalue weighted by molar-refractivity contribution is 0.0643. The highest BCUT2D eigenvalue weighted by Crippen LogP contribution is 2.32. The number of nitrogens with one attached hydrogen (secondary N) is 3. The Morgan fingerprint density at radius 1 is 1.14 bits per heavy atom. The summed E-state index contributed by atoms with van der Waals surface area (Å²) in [6, 6.07) is 11.4. The van der Waals surface area contributed by atoms with Gasteiger partial charge < -0.3 is 29.8 Å². The van der Waals surface area contributed by atoms with Crippen molar-refractivity contribution < 1.29 is 36.1 Å². The first-order valence-electron chi connectivity index (χ1n) is 11.0. The molecule has 198 valence electrons. The van der Waals surface area contributed by atoms with Gasteiger partial charge in [-0.2, -0.15) is 8.42 Å². The summed E-state index contributed by atoms with van der Waals surface area (Å²) in [5.41, 5.74) is 2.35. The van der Waals surface area contributed by atoms with Crippen LogP contribution in [0.5, 0.6) is 5.75 Å². The first-order valence-corrected chi connectivity index (χ1v) is 12.5. The molecule has 3 amide bonds. The topological polar surface area (TPSA) is 184 Å². The molecule has 5 N–H and O–H groups in total. The maximum atomic E-state index is 12.5. The van der Waals surface area contributed by atoms with E-state index in [4.69, 9.17) is 19.0 Å². The molecule has 0 spiro atoms. The second kappa shape index (κ2) is 12.7. The van der Waals surface area contributed by atoms with Crippen molar-refractivity contribution in [3.8, 4) is 17.1 Å². The molecule has 1 aromatic heterocycles. The van der Waals surface area contributed by atoms with Gasteiger partial charge in [-0.15, -0.1) is 0 Å². The van der Waals surface area contributed by atoms with Crippen LogP contribution < -0.4 is 25.8 Å². The van der Waals surface area contributed by atoms with Crippen molar-refractivity contribution >= 4 is 33.8 Å². The number of ether oxygens (including phenoxy) is 2. The molecule has 3 rings (SSSR count). The summed E-state index contributed by atoms with van der Waals surface area (Å²) in [6.45, 7) is 1.42. The van der Waals surface area contributed by atoms with Gasteiger partial charge in [-0.3, -0.25) is 4.18 Å². The van der Waals surface area contributed by atoms with Crippen LogP contribution in [0.2, 0.25) is 0 Å². The molecule has 14 heteroatoms. The standard InChI is InChI=1S/C23H27N5O8S/c1-3-18(13-35-37(24,31)32)36-23(30)26-11-15-5-4-6-16(9-15)27-22(29)28-17-7-8-19(20(10-17)33-2)21-12-25-14-34-21/h4-10,12,14,18H,3,11,13H2,1-2H3,(H,26,30)(H2,24,31,32)(H2,27,28,29)/t18-/m1/s1. The summed E-state index contributed by atoms with van der Waals surface area (Å²) >= 11 is 0. The molecule has 0 aliphatic heterocycles. The van der Waals surface area contributed by atoms with Gasteiger partial charge in [0.25, 0.3) is 0 Å². The first kappa shape index (κ1) is 27.4. The van der Waals surface area contributed by atoms with Gasteiger partial charge in [0.15, 0.2) is 12.2 Å². The van der Waals surface area contributed by atoms with Crippen molar-refractivity contribution in [3.05, 3.63) is 60.6 Å². The summed E-state index contributed by atoms with van der Waals surface area (Å²) in [6.07, 6.45) is 1.65. The molecule has 0 bridgehead atoms. The monoisotopic (exact) mass is 533 g/mol. The van der Waals surface area contributed by atoms with E-state index in [1.807, 2.05) is 0 Å². The Morgan fingerprint density at radius 2 is 1.89 bits per heavy atom. The van der Waals surface area contributed by atoms with Crippen molar-refractivity contribution in [1.29, 1.82) is 0 Å². The van der Waals surface area contributed by atoms with Gasteiger partial charge in [0.2, 0.25) is 0 Å². The van der Waals surface area contributed by atoms with Crippen LogP contribution in [0, 0.1) is 0 Å². The number of anilines is 2. The first-order chi connectivity index (χ1) is 17.7. The number of aromatic nitrogens is 1. The van der Waals surface area contributed by atoms with E-state index in [0.29, 0.717) is 40.4 Å². The molecule has 1 atom stereocenters. The normalized spacial score (nSPS) is 11.9. The zero-order chi connectivity index (χ0) is 26.8. The third-order valence-corrected chi connectivity index (χ3v) is 5.39. The van der Waals surface area contributed by atoms with Crippen LogP contribution in [0.1, 0.15) is 18.9 Å². The number of nitrogens with zero attached hydrogens (tertiary/aromatic N) is 1. The van der Waals surface area contributed by atoms with Crippen LogP contribution >= 0.6 is 0 Å². The number of hydrogen-bond acceptors (Lipinski definition) is 9. The highest BCUT2D eigenvalue weighted by molar-refractivity contribution is 7.84. The zero-order valence-corrected chi connectivity index (χ0v) is 20.9. The third kappa shape index (κ3) is 8.79. The number of alkyl carbamates (subject to hydrolysis) is 1. The Bertz CT molecular complexity index is 1310. The second-order valence-electron chi connectivity index (χ2n) is 7.63. The molecule has 0 saturated heterocycles. The Labute approximate surface area is 213 Å². The summed E-state index contributed by atoms with van der Waals surface area (Å²) in [5.74, 6) is 1.03. The van der Waals surface area contributed by atoms with Crippen molar-refractivity contribution in [2.45, 2.75) is 26.0 Å². The van der Waals surface area contributed by atoms with Crippen LogP contribution in [0.15, 0.2) is 59.5 Å². The summed E-state index contributed by atoms with van der Waals surface area (Å²) in [4.78, 5) is 28.5. The molecule has 1 heterocycles. The summed E-state index contributed by atoms with van der Waals surface area (Å²) in [5, 5.41) is 12.8. The molecule has 0 saturated carbocycles. The smallest absolute Gasteiger partial charge is 0.407 e. The molecule has 3 aromatic rings. The number of carbonyl (C=O) groups excluding carboxylic acids is 2. The number of benzene rings is 2. The zero-order valence-electron chi connectivity index (χ0n) is 20.1. The minimum atomic E-state index is -4.13. The van der Waals surface area contributed by atoms with Gasteiger partial charge in [-0.25, -0.2) is 19.7 Å². The molecule has 0 aliphatic rings. The van der Waals surface area contributed by atoms with Crippen molar-refractivity contribution in [2.75, 3.05) is 24.4 Å². The second-order valence-corrected chi connectivity index (χ2v) is 8.85. The summed E-state index contributed by atoms with van der Waals surface area (Å²) in [7, 11) is -2.62. The Balaban J connectivity index is 1.53. The Hall–Kier alpha value is -4.14. The average molecular weight is 534 g/mol. The van der Waals surface area contributed by atoms with Gasteiger partial charge in [0.1, 0.15) is 18.5 Å². The molecule has 0 aliphatic carbocycles. The number of amides is 3. The highest BCUT2D eigenvalue weighted by Gasteiger charge is 2.16. The minimum Gasteiger partial charge on any atom is -0.496 e. The van der Waals surface area contributed by atoms with E-state index in [2.05, 4.69) is 25.1 Å². The van der Waals surface area contributed by atoms with E-state index in [0.717, 1.165) is 0 Å². The predicted octanol–water partition coefficient (Wildman–Crippen LogP) is 3.22. The fourth-order valence-corrected chi connectivity index (χ4v) is 3.49. The molecular formula is C23H27N5O8S. The molecular weight excluding hydrogens is 506 g/mol. The molecule has 0 unspecified atom stereocenters. The maximum Gasteiger partial charge on any atom is 0.407 e. The third-order valence-electron chi connectivity index (χ3n) is 4.93. The predicted molar refractivity (Wildman–Crippen MR) is 134 cm³/mol. The largest absolute Gasteiger partial charge is 0.496 e. The number of hydrogen-bond donors (Lipinski definition) is 4. The summed E-state index contributed by atoms with van der Waals surface area (Å²) < 4.78 is 42.1. The van der Waals surface area contributed by atoms with Gasteiger partial charge in [0, 0.05) is 24.0 Å². The van der Waals surface area contributed by atoms with E-state index in [1.54, 1.807) is 55.6 Å². The maximum absolute atomic E-state index is 12.5. The van der Waals surface area contributed by atoms with E-state index in [-0.39, 0.29) is 13.2 Å². The van der Waals surface area contributed by atoms with Crippen LogP contribution in [-0.2, 0) is 25.8 Å². The SMILES string of the molecule is CC[C@H](COS(N)(=O)=O)OC(=O)NCc1cccc(NC(=O)Nc2ccc(-c3cnco3)c(OC)c2)c1. The van der Waals surface area contributed by atoms with E-state index < -0.39 is 28.5 Å². The van der Waals surface area contributed by atoms with Crippen molar-refractivity contribution in [2.24, 2.45) is 5.14 Å². The number of rotatable bonds is 11. The van der Waals surface area contributed by atoms with Gasteiger partial charge in [-0.1, -0.05) is 19.1 Å². The van der Waals surface area contributed by atoms with Crippen molar-refractivity contribution in [1.82, 2.24) is 10.3 Å². The fraction of sp³-hybridized carbons (Fsp3) is 0.261. The lowest BCUT2D eigenvalue weighted by Crippen LogP contribution is -2.32. The molecule has 2 aromatic carbocycles. The van der Waals surface area contributed by atoms with E-state index in [1.165, 1.54) is 13.5 Å². The number of urea groups is 1. The Morgan fingerprint density at radius 3 is 2.54 bits per heavy atom. The number of carbonyl (C=O) groups is 2. The lowest BCUT2D eigenvalue weighted by atomic mass is 10.1. The van der Waals surface area contributed by atoms with Crippen LogP contribution in [-0.4, -0.2) is 45.3 Å². The quantitative estimate of drug-likeness (QED) is 0.287. The molecule has 0 fully saturated rings. The lowest BCUT2D eigenvalue weighted by Gasteiger charge is -2.16. The van der Waals surface area contributed by atoms with Crippen LogP contribution in [0.3, 0.4) is 0 Å². The Kier molecular flexibility index (Phi) is 9.43. The van der Waals surface area contributed by atoms with Gasteiger partial charge >= 0.3 is 22.4 Å². The molecule has 0 radical (unpaired) electrons. The van der Waals surface area contributed by atoms with Crippen LogP contribution in [0.25, 0.3) is 11.3 Å². The average Bonchev–Trinajstić information content (AvgIpc) is 3.39. The van der Waals surface area contributed by atoms with E-state index >= 15 is 0 Å². The van der Waals surface area contributed by atoms with Crippen molar-refractivity contribution in [3.63, 3.8) is 0 Å². The number of methoxy groups -OCH3 is 1. The van der Waals surface area contributed by atoms with Crippen LogP contribution in [0.4, 0.5) is 21.0 Å². The van der Waals surface area contributed by atoms with Gasteiger partial charge in [0.05, 0.1) is 18.9 Å². The van der Waals surface area contributed by atoms with E-state index in [9.17, 15) is 18.0 Å². The minimum absolute atomic E-state index is 0.0999. The molecule has 13 nitrogen and oxygen atoms in total. The number of oxazole rings is 1.